The SMILES string of the molecule is CC(C)C(=O)Nc1nc(NC(=O)C(C)C)c2ncn([C@@H]3O[C@H](CO)[C@@H](O)[C@H]3F)c2n1. The predicted octanol–water partition coefficient (Wildman–Crippen LogP) is 0.604. The van der Waals surface area contributed by atoms with Crippen LogP contribution in [0.4, 0.5) is 16.2 Å². The second-order valence-electron chi connectivity index (χ2n) is 7.69. The van der Waals surface area contributed by atoms with Gasteiger partial charge in [0.15, 0.2) is 29.4 Å². The Morgan fingerprint density at radius 2 is 1.83 bits per heavy atom. The standard InChI is InChI=1S/C18H25FN6O5/c1-7(2)15(28)21-13-11-14(23-18(22-13)24-16(29)8(3)4)25(6-20-11)17-10(19)12(27)9(5-26)30-17/h6-10,12,17,26-27H,5H2,1-4H3,(H2,21,22,23,24,28,29)/t9-,10-,12-,17-/m1/s1. The maximum absolute atomic E-state index is 14.6. The number of hydrogen-bond donors (Lipinski definition) is 4. The fourth-order valence-corrected chi connectivity index (χ4v) is 2.84. The third kappa shape index (κ3) is 4.11. The number of fused-ring (bicyclic) bond motifs is 1. The molecule has 1 aliphatic heterocycles. The number of alkyl halides is 1. The number of hydrogen-bond acceptors (Lipinski definition) is 8. The number of nitrogens with one attached hydrogen (secondary N) is 2. The number of anilines is 2. The van der Waals surface area contributed by atoms with Crippen LogP contribution in [0, 0.1) is 11.8 Å². The highest BCUT2D eigenvalue weighted by Gasteiger charge is 2.45. The number of carbonyl (C=O) groups is 2. The zero-order valence-electron chi connectivity index (χ0n) is 17.0. The number of amides is 2. The largest absolute Gasteiger partial charge is 0.394 e. The van der Waals surface area contributed by atoms with Crippen molar-refractivity contribution in [3.63, 3.8) is 0 Å². The molecular formula is C18H25FN6O5. The molecule has 0 unspecified atom stereocenters. The Bertz CT molecular complexity index is 949. The topological polar surface area (TPSA) is 151 Å². The molecule has 3 heterocycles. The Morgan fingerprint density at radius 1 is 1.20 bits per heavy atom. The van der Waals surface area contributed by atoms with Gasteiger partial charge in [-0.1, -0.05) is 27.7 Å². The molecule has 0 spiro atoms. The van der Waals surface area contributed by atoms with Crippen LogP contribution in [0.2, 0.25) is 0 Å². The van der Waals surface area contributed by atoms with Gasteiger partial charge in [0, 0.05) is 11.8 Å². The van der Waals surface area contributed by atoms with E-state index in [1.165, 1.54) is 10.9 Å². The van der Waals surface area contributed by atoms with Crippen LogP contribution in [-0.2, 0) is 14.3 Å². The number of aliphatic hydroxyl groups is 2. The first-order valence-electron chi connectivity index (χ1n) is 9.58. The lowest BCUT2D eigenvalue weighted by Crippen LogP contribution is -2.30. The summed E-state index contributed by atoms with van der Waals surface area (Å²) in [6, 6.07) is 0. The first-order valence-corrected chi connectivity index (χ1v) is 9.58. The van der Waals surface area contributed by atoms with E-state index in [1.807, 2.05) is 0 Å². The average Bonchev–Trinajstić information content (AvgIpc) is 3.23. The maximum atomic E-state index is 14.6. The van der Waals surface area contributed by atoms with E-state index in [1.54, 1.807) is 27.7 Å². The van der Waals surface area contributed by atoms with Crippen LogP contribution in [0.15, 0.2) is 6.33 Å². The van der Waals surface area contributed by atoms with Crippen molar-refractivity contribution >= 4 is 34.7 Å². The molecule has 12 heteroatoms. The summed E-state index contributed by atoms with van der Waals surface area (Å²) < 4.78 is 21.3. The van der Waals surface area contributed by atoms with Crippen LogP contribution in [-0.4, -0.2) is 66.5 Å². The Morgan fingerprint density at radius 3 is 2.40 bits per heavy atom. The fraction of sp³-hybridized carbons (Fsp3) is 0.611. The molecule has 0 saturated carbocycles. The number of aliphatic hydroxyl groups excluding tert-OH is 2. The van der Waals surface area contributed by atoms with Crippen molar-refractivity contribution in [3.05, 3.63) is 6.33 Å². The molecule has 2 aromatic rings. The van der Waals surface area contributed by atoms with E-state index in [0.717, 1.165) is 0 Å². The van der Waals surface area contributed by atoms with Gasteiger partial charge in [-0.2, -0.15) is 9.97 Å². The summed E-state index contributed by atoms with van der Waals surface area (Å²) in [6.45, 7) is 6.21. The van der Waals surface area contributed by atoms with Gasteiger partial charge in [0.25, 0.3) is 0 Å². The van der Waals surface area contributed by atoms with E-state index in [2.05, 4.69) is 25.6 Å². The Hall–Kier alpha value is -2.70. The molecule has 0 radical (unpaired) electrons. The summed E-state index contributed by atoms with van der Waals surface area (Å²) in [4.78, 5) is 36.9. The van der Waals surface area contributed by atoms with Crippen LogP contribution in [0.25, 0.3) is 11.2 Å². The van der Waals surface area contributed by atoms with Gasteiger partial charge in [-0.15, -0.1) is 0 Å². The van der Waals surface area contributed by atoms with Crippen molar-refractivity contribution in [1.82, 2.24) is 19.5 Å². The Kier molecular flexibility index (Phi) is 6.29. The lowest BCUT2D eigenvalue weighted by molar-refractivity contribution is -0.119. The zero-order chi connectivity index (χ0) is 22.2. The normalized spacial score (nSPS) is 24.0. The summed E-state index contributed by atoms with van der Waals surface area (Å²) >= 11 is 0. The van der Waals surface area contributed by atoms with E-state index in [9.17, 15) is 24.2 Å². The first-order chi connectivity index (χ1) is 14.1. The molecule has 4 N–H and O–H groups in total. The molecule has 11 nitrogen and oxygen atoms in total. The van der Waals surface area contributed by atoms with Gasteiger partial charge in [-0.25, -0.2) is 9.37 Å². The molecule has 0 aromatic carbocycles. The number of carbonyl (C=O) groups excluding carboxylic acids is 2. The summed E-state index contributed by atoms with van der Waals surface area (Å²) in [5, 5.41) is 24.4. The minimum absolute atomic E-state index is 0.0455. The second-order valence-corrected chi connectivity index (χ2v) is 7.69. The van der Waals surface area contributed by atoms with E-state index in [0.29, 0.717) is 0 Å². The minimum Gasteiger partial charge on any atom is -0.394 e. The van der Waals surface area contributed by atoms with Crippen LogP contribution in [0.1, 0.15) is 33.9 Å². The Labute approximate surface area is 171 Å². The van der Waals surface area contributed by atoms with Crippen molar-refractivity contribution in [2.45, 2.75) is 52.3 Å². The summed E-state index contributed by atoms with van der Waals surface area (Å²) in [7, 11) is 0. The van der Waals surface area contributed by atoms with Gasteiger partial charge in [-0.3, -0.25) is 19.5 Å². The van der Waals surface area contributed by atoms with Crippen molar-refractivity contribution in [3.8, 4) is 0 Å². The molecule has 3 rings (SSSR count). The smallest absolute Gasteiger partial charge is 0.233 e. The molecule has 2 amide bonds. The van der Waals surface area contributed by atoms with Crippen molar-refractivity contribution in [2.75, 3.05) is 17.2 Å². The van der Waals surface area contributed by atoms with E-state index < -0.39 is 31.2 Å². The second kappa shape index (κ2) is 8.58. The van der Waals surface area contributed by atoms with Gasteiger partial charge in [0.1, 0.15) is 12.2 Å². The molecule has 2 aromatic heterocycles. The van der Waals surface area contributed by atoms with Gasteiger partial charge in [0.05, 0.1) is 12.9 Å². The lowest BCUT2D eigenvalue weighted by Gasteiger charge is -2.16. The zero-order valence-corrected chi connectivity index (χ0v) is 17.0. The lowest BCUT2D eigenvalue weighted by atomic mass is 10.1. The van der Waals surface area contributed by atoms with E-state index in [-0.39, 0.29) is 46.6 Å². The maximum Gasteiger partial charge on any atom is 0.233 e. The predicted molar refractivity (Wildman–Crippen MR) is 104 cm³/mol. The molecule has 30 heavy (non-hydrogen) atoms. The van der Waals surface area contributed by atoms with Gasteiger partial charge < -0.3 is 20.3 Å². The molecule has 164 valence electrons. The molecule has 1 saturated heterocycles. The van der Waals surface area contributed by atoms with Crippen molar-refractivity contribution in [2.24, 2.45) is 11.8 Å². The highest BCUT2D eigenvalue weighted by atomic mass is 19.1. The van der Waals surface area contributed by atoms with Gasteiger partial charge >= 0.3 is 0 Å². The first kappa shape index (κ1) is 22.0. The number of halogens is 1. The average molecular weight is 424 g/mol. The summed E-state index contributed by atoms with van der Waals surface area (Å²) in [5.74, 6) is -1.44. The van der Waals surface area contributed by atoms with Gasteiger partial charge in [-0.05, 0) is 0 Å². The molecule has 1 fully saturated rings. The quantitative estimate of drug-likeness (QED) is 0.526. The summed E-state index contributed by atoms with van der Waals surface area (Å²) in [6.07, 6.45) is -4.55. The van der Waals surface area contributed by atoms with Crippen LogP contribution in [0.5, 0.6) is 0 Å². The molecule has 0 bridgehead atoms. The van der Waals surface area contributed by atoms with Crippen LogP contribution >= 0.6 is 0 Å². The minimum atomic E-state index is -1.85. The molecular weight excluding hydrogens is 399 g/mol. The third-order valence-corrected chi connectivity index (χ3v) is 4.69. The fourth-order valence-electron chi connectivity index (χ4n) is 2.84. The van der Waals surface area contributed by atoms with E-state index >= 15 is 0 Å². The van der Waals surface area contributed by atoms with Crippen molar-refractivity contribution in [1.29, 1.82) is 0 Å². The van der Waals surface area contributed by atoms with Crippen LogP contribution < -0.4 is 10.6 Å². The van der Waals surface area contributed by atoms with Crippen molar-refractivity contribution < 1.29 is 28.9 Å². The number of aromatic nitrogens is 4. The third-order valence-electron chi connectivity index (χ3n) is 4.69. The highest BCUT2D eigenvalue weighted by molar-refractivity contribution is 5.99. The number of rotatable bonds is 6. The Balaban J connectivity index is 2.07. The molecule has 4 atom stereocenters. The number of imidazole rings is 1. The molecule has 0 aliphatic carbocycles. The monoisotopic (exact) mass is 424 g/mol. The summed E-state index contributed by atoms with van der Waals surface area (Å²) in [5.41, 5.74) is 0.242. The molecule has 1 aliphatic rings. The number of nitrogens with zero attached hydrogens (tertiary/aromatic N) is 4. The highest BCUT2D eigenvalue weighted by Crippen LogP contribution is 2.34. The van der Waals surface area contributed by atoms with Gasteiger partial charge in [0.2, 0.25) is 17.8 Å². The van der Waals surface area contributed by atoms with Crippen LogP contribution in [0.3, 0.4) is 0 Å². The van der Waals surface area contributed by atoms with E-state index in [4.69, 9.17) is 4.74 Å². The number of ether oxygens (including phenoxy) is 1.